The first-order chi connectivity index (χ1) is 10.6. The lowest BCUT2D eigenvalue weighted by Crippen LogP contribution is -2.47. The van der Waals surface area contributed by atoms with Gasteiger partial charge in [0.05, 0.1) is 0 Å². The summed E-state index contributed by atoms with van der Waals surface area (Å²) in [6.07, 6.45) is -5.83. The molecule has 0 radical (unpaired) electrons. The van der Waals surface area contributed by atoms with E-state index in [9.17, 15) is 31.5 Å². The number of amides is 1. The molecule has 1 atom stereocenters. The van der Waals surface area contributed by atoms with Crippen LogP contribution < -0.4 is 4.74 Å². The van der Waals surface area contributed by atoms with Crippen molar-refractivity contribution in [2.24, 2.45) is 5.41 Å². The molecule has 1 aromatic heterocycles. The van der Waals surface area contributed by atoms with Crippen molar-refractivity contribution in [1.29, 1.82) is 0 Å². The maximum atomic E-state index is 13.1. The molecule has 0 aliphatic carbocycles. The van der Waals surface area contributed by atoms with Gasteiger partial charge in [0, 0.05) is 13.1 Å². The highest BCUT2D eigenvalue weighted by atomic mass is 32.1. The molecule has 2 heterocycles. The number of hydrogen-bond acceptors (Lipinski definition) is 4. The van der Waals surface area contributed by atoms with Gasteiger partial charge in [-0.25, -0.2) is 0 Å². The van der Waals surface area contributed by atoms with E-state index in [2.05, 4.69) is 4.74 Å². The monoisotopic (exact) mass is 359 g/mol. The number of hydrogen-bond donors (Lipinski definition) is 1. The summed E-state index contributed by atoms with van der Waals surface area (Å²) < 4.78 is 67.8. The molecule has 1 fully saturated rings. The molecule has 1 unspecified atom stereocenters. The van der Waals surface area contributed by atoms with Crippen molar-refractivity contribution < 1.29 is 41.4 Å². The van der Waals surface area contributed by atoms with Gasteiger partial charge in [-0.1, -0.05) is 0 Å². The van der Waals surface area contributed by atoms with Crippen molar-refractivity contribution >= 4 is 23.2 Å². The maximum Gasteiger partial charge on any atom is 0.406 e. The number of carboxylic acids is 1. The van der Waals surface area contributed by atoms with E-state index in [1.54, 1.807) is 0 Å². The summed E-state index contributed by atoms with van der Waals surface area (Å²) >= 11 is 0.724. The number of carbonyl (C=O) groups excluding carboxylic acids is 1. The van der Waals surface area contributed by atoms with Crippen LogP contribution in [0.3, 0.4) is 0 Å². The van der Waals surface area contributed by atoms with Crippen LogP contribution in [0.1, 0.15) is 16.1 Å². The average Bonchev–Trinajstić information content (AvgIpc) is 3.03. The van der Waals surface area contributed by atoms with Crippen LogP contribution in [0.15, 0.2) is 11.4 Å². The van der Waals surface area contributed by atoms with Crippen LogP contribution in [-0.2, 0) is 4.79 Å². The first kappa shape index (κ1) is 17.4. The first-order valence-electron chi connectivity index (χ1n) is 6.20. The minimum atomic E-state index is -5.04. The Morgan fingerprint density at radius 3 is 2.52 bits per heavy atom. The predicted molar refractivity (Wildman–Crippen MR) is 67.6 cm³/mol. The van der Waals surface area contributed by atoms with Gasteiger partial charge in [0.1, 0.15) is 10.6 Å². The summed E-state index contributed by atoms with van der Waals surface area (Å²) in [5, 5.41) is 10.2. The Labute approximate surface area is 130 Å². The molecule has 128 valence electrons. The van der Waals surface area contributed by atoms with E-state index >= 15 is 0 Å². The summed E-state index contributed by atoms with van der Waals surface area (Å²) in [5.41, 5.74) is -3.05. The highest BCUT2D eigenvalue weighted by Gasteiger charge is 2.64. The van der Waals surface area contributed by atoms with Gasteiger partial charge >= 0.3 is 18.8 Å². The smallest absolute Gasteiger partial charge is 0.406 e. The molecule has 1 saturated heterocycles. The standard InChI is InChI=1S/C12H10F5NO4S/c13-10(14)22-6-1-4-23-7(6)8(19)18-3-2-11(5-18,9(20)21)12(15,16)17/h1,4,10H,2-3,5H2,(H,20,21). The zero-order chi connectivity index (χ0) is 17.4. The molecule has 1 aliphatic rings. The van der Waals surface area contributed by atoms with Crippen LogP contribution in [0, 0.1) is 5.41 Å². The Bertz CT molecular complexity index is 617. The number of ether oxygens (including phenoxy) is 1. The Morgan fingerprint density at radius 1 is 1.39 bits per heavy atom. The second kappa shape index (κ2) is 5.95. The van der Waals surface area contributed by atoms with Crippen molar-refractivity contribution in [2.75, 3.05) is 13.1 Å². The molecule has 1 amide bonds. The van der Waals surface area contributed by atoms with E-state index in [1.807, 2.05) is 0 Å². The van der Waals surface area contributed by atoms with Crippen LogP contribution >= 0.6 is 11.3 Å². The number of likely N-dealkylation sites (tertiary alicyclic amines) is 1. The third-order valence-electron chi connectivity index (χ3n) is 3.55. The van der Waals surface area contributed by atoms with Crippen molar-refractivity contribution in [3.05, 3.63) is 16.3 Å². The number of carbonyl (C=O) groups is 2. The van der Waals surface area contributed by atoms with Gasteiger partial charge in [0.15, 0.2) is 5.41 Å². The average molecular weight is 359 g/mol. The number of halogens is 5. The van der Waals surface area contributed by atoms with E-state index in [1.165, 1.54) is 5.38 Å². The third-order valence-corrected chi connectivity index (χ3v) is 4.43. The number of aliphatic carboxylic acids is 1. The molecule has 1 aliphatic heterocycles. The van der Waals surface area contributed by atoms with Gasteiger partial charge in [-0.05, 0) is 17.9 Å². The molecule has 0 spiro atoms. The van der Waals surface area contributed by atoms with Crippen LogP contribution in [0.5, 0.6) is 5.75 Å². The number of rotatable bonds is 4. The van der Waals surface area contributed by atoms with E-state index in [0.29, 0.717) is 4.90 Å². The van der Waals surface area contributed by atoms with Crippen LogP contribution in [0.25, 0.3) is 0 Å². The maximum absolute atomic E-state index is 13.1. The molecule has 0 saturated carbocycles. The number of thiophene rings is 1. The Morgan fingerprint density at radius 2 is 2.04 bits per heavy atom. The van der Waals surface area contributed by atoms with Gasteiger partial charge in [0.2, 0.25) is 0 Å². The molecule has 23 heavy (non-hydrogen) atoms. The predicted octanol–water partition coefficient (Wildman–Crippen LogP) is 2.83. The normalized spacial score (nSPS) is 21.7. The zero-order valence-electron chi connectivity index (χ0n) is 11.3. The zero-order valence-corrected chi connectivity index (χ0v) is 12.1. The molecule has 11 heteroatoms. The second-order valence-corrected chi connectivity index (χ2v) is 5.77. The fraction of sp³-hybridized carbons (Fsp3) is 0.500. The Hall–Kier alpha value is -1.91. The van der Waals surface area contributed by atoms with Gasteiger partial charge in [-0.3, -0.25) is 9.59 Å². The summed E-state index contributed by atoms with van der Waals surface area (Å²) in [5.74, 6) is -3.49. The first-order valence-corrected chi connectivity index (χ1v) is 7.08. The fourth-order valence-corrected chi connectivity index (χ4v) is 3.09. The topological polar surface area (TPSA) is 66.8 Å². The summed E-state index contributed by atoms with van der Waals surface area (Å²) in [6.45, 7) is -4.71. The quantitative estimate of drug-likeness (QED) is 0.840. The summed E-state index contributed by atoms with van der Waals surface area (Å²) in [7, 11) is 0. The number of carboxylic acid groups (broad SMARTS) is 1. The lowest BCUT2D eigenvalue weighted by molar-refractivity contribution is -0.227. The van der Waals surface area contributed by atoms with Crippen molar-refractivity contribution in [1.82, 2.24) is 4.90 Å². The van der Waals surface area contributed by atoms with E-state index in [-0.39, 0.29) is 4.88 Å². The molecule has 1 aromatic rings. The third kappa shape index (κ3) is 3.09. The largest absolute Gasteiger partial charge is 0.481 e. The van der Waals surface area contributed by atoms with Crippen molar-refractivity contribution in [2.45, 2.75) is 19.2 Å². The van der Waals surface area contributed by atoms with Crippen molar-refractivity contribution in [3.63, 3.8) is 0 Å². The summed E-state index contributed by atoms with van der Waals surface area (Å²) in [4.78, 5) is 23.6. The second-order valence-electron chi connectivity index (χ2n) is 4.85. The highest BCUT2D eigenvalue weighted by Crippen LogP contribution is 2.46. The molecule has 0 aromatic carbocycles. The van der Waals surface area contributed by atoms with E-state index in [4.69, 9.17) is 5.11 Å². The Kier molecular flexibility index (Phi) is 4.51. The number of nitrogens with zero attached hydrogens (tertiary/aromatic N) is 1. The van der Waals surface area contributed by atoms with Gasteiger partial charge in [-0.15, -0.1) is 11.3 Å². The molecule has 5 nitrogen and oxygen atoms in total. The minimum absolute atomic E-state index is 0.298. The van der Waals surface area contributed by atoms with Crippen LogP contribution in [-0.4, -0.2) is 47.8 Å². The van der Waals surface area contributed by atoms with Gasteiger partial charge < -0.3 is 14.7 Å². The van der Waals surface area contributed by atoms with Gasteiger partial charge in [-0.2, -0.15) is 22.0 Å². The Balaban J connectivity index is 2.23. The SMILES string of the molecule is O=C(c1sccc1OC(F)F)N1CCC(C(=O)O)(C(F)(F)F)C1. The molecular formula is C12H10F5NO4S. The molecule has 2 rings (SSSR count). The van der Waals surface area contributed by atoms with E-state index < -0.39 is 55.3 Å². The lowest BCUT2D eigenvalue weighted by atomic mass is 9.86. The van der Waals surface area contributed by atoms with Gasteiger partial charge in [0.25, 0.3) is 5.91 Å². The van der Waals surface area contributed by atoms with Crippen LogP contribution in [0.4, 0.5) is 22.0 Å². The molecular weight excluding hydrogens is 349 g/mol. The molecule has 0 bridgehead atoms. The highest BCUT2D eigenvalue weighted by molar-refractivity contribution is 7.12. The van der Waals surface area contributed by atoms with E-state index in [0.717, 1.165) is 17.4 Å². The minimum Gasteiger partial charge on any atom is -0.481 e. The summed E-state index contributed by atoms with van der Waals surface area (Å²) in [6, 6.07) is 1.09. The lowest BCUT2D eigenvalue weighted by Gasteiger charge is -2.27. The number of alkyl halides is 5. The van der Waals surface area contributed by atoms with Crippen LogP contribution in [0.2, 0.25) is 0 Å². The fourth-order valence-electron chi connectivity index (χ4n) is 2.30. The van der Waals surface area contributed by atoms with Crippen molar-refractivity contribution in [3.8, 4) is 5.75 Å². The molecule has 1 N–H and O–H groups in total.